The molecule has 1 aromatic carbocycles. The molecule has 4 nitrogen and oxygen atoms in total. The van der Waals surface area contributed by atoms with Crippen molar-refractivity contribution in [1.82, 2.24) is 0 Å². The van der Waals surface area contributed by atoms with Gasteiger partial charge in [0.05, 0.1) is 5.54 Å². The third kappa shape index (κ3) is 5.12. The fourth-order valence-electron chi connectivity index (χ4n) is 1.88. The van der Waals surface area contributed by atoms with E-state index in [0.717, 1.165) is 12.0 Å². The van der Waals surface area contributed by atoms with Crippen LogP contribution >= 0.6 is 0 Å². The molecule has 1 aromatic rings. The van der Waals surface area contributed by atoms with Gasteiger partial charge in [0.15, 0.2) is 0 Å². The highest BCUT2D eigenvalue weighted by Crippen LogP contribution is 2.16. The number of nitrogens with one attached hydrogen (secondary N) is 1. The second-order valence-corrected chi connectivity index (χ2v) is 6.47. The van der Waals surface area contributed by atoms with Crippen molar-refractivity contribution in [3.8, 4) is 0 Å². The largest absolute Gasteiger partial charge is 0.324 e. The van der Waals surface area contributed by atoms with Crippen LogP contribution in [0.25, 0.3) is 0 Å². The Hall–Kier alpha value is -1.20. The molecule has 106 valence electrons. The molecule has 0 saturated carbocycles. The standard InChI is InChI=1S/C14H22N2O2S/c1-4-8-14(2,15)13(17)16-12-7-5-6-11(9-12)10-19(3)18/h5-7,9H,4,8,10,15H2,1-3H3,(H,16,17). The van der Waals surface area contributed by atoms with Crippen LogP contribution < -0.4 is 11.1 Å². The molecule has 0 aliphatic carbocycles. The molecule has 0 aliphatic heterocycles. The number of anilines is 1. The van der Waals surface area contributed by atoms with E-state index in [9.17, 15) is 9.00 Å². The summed E-state index contributed by atoms with van der Waals surface area (Å²) in [7, 11) is -0.895. The van der Waals surface area contributed by atoms with Gasteiger partial charge in [0, 0.05) is 28.5 Å². The van der Waals surface area contributed by atoms with Gasteiger partial charge in [0.1, 0.15) is 0 Å². The Labute approximate surface area is 117 Å². The van der Waals surface area contributed by atoms with E-state index in [1.54, 1.807) is 13.2 Å². The SMILES string of the molecule is CCCC(C)(N)C(=O)Nc1cccc(CS(C)=O)c1. The number of carbonyl (C=O) groups excluding carboxylic acids is 1. The van der Waals surface area contributed by atoms with Gasteiger partial charge in [0.25, 0.3) is 0 Å². The molecule has 3 N–H and O–H groups in total. The van der Waals surface area contributed by atoms with Crippen molar-refractivity contribution in [1.29, 1.82) is 0 Å². The van der Waals surface area contributed by atoms with Crippen LogP contribution in [0.3, 0.4) is 0 Å². The third-order valence-corrected chi connectivity index (χ3v) is 3.58. The Balaban J connectivity index is 2.77. The predicted octanol–water partition coefficient (Wildman–Crippen LogP) is 2.02. The van der Waals surface area contributed by atoms with E-state index in [1.807, 2.05) is 31.2 Å². The highest BCUT2D eigenvalue weighted by molar-refractivity contribution is 7.83. The molecule has 2 atom stereocenters. The lowest BCUT2D eigenvalue weighted by Crippen LogP contribution is -2.48. The van der Waals surface area contributed by atoms with Crippen LogP contribution in [-0.4, -0.2) is 21.9 Å². The molecule has 0 fully saturated rings. The molecular weight excluding hydrogens is 260 g/mol. The summed E-state index contributed by atoms with van der Waals surface area (Å²) in [6.07, 6.45) is 3.15. The molecule has 0 saturated heterocycles. The quantitative estimate of drug-likeness (QED) is 0.838. The fourth-order valence-corrected chi connectivity index (χ4v) is 2.53. The molecule has 0 radical (unpaired) electrons. The molecule has 2 unspecified atom stereocenters. The topological polar surface area (TPSA) is 72.2 Å². The number of carbonyl (C=O) groups is 1. The van der Waals surface area contributed by atoms with E-state index in [2.05, 4.69) is 5.32 Å². The lowest BCUT2D eigenvalue weighted by atomic mass is 9.96. The second-order valence-electron chi connectivity index (χ2n) is 5.04. The van der Waals surface area contributed by atoms with Crippen molar-refractivity contribution in [2.75, 3.05) is 11.6 Å². The monoisotopic (exact) mass is 282 g/mol. The van der Waals surface area contributed by atoms with Crippen molar-refractivity contribution in [2.24, 2.45) is 5.73 Å². The first-order valence-electron chi connectivity index (χ1n) is 6.34. The number of hydrogen-bond donors (Lipinski definition) is 2. The Morgan fingerprint density at radius 3 is 2.74 bits per heavy atom. The summed E-state index contributed by atoms with van der Waals surface area (Å²) in [5.41, 5.74) is 6.75. The summed E-state index contributed by atoms with van der Waals surface area (Å²) in [5, 5.41) is 2.82. The van der Waals surface area contributed by atoms with Gasteiger partial charge in [-0.25, -0.2) is 0 Å². The van der Waals surface area contributed by atoms with Gasteiger partial charge in [-0.1, -0.05) is 25.5 Å². The summed E-state index contributed by atoms with van der Waals surface area (Å²) in [5.74, 6) is 0.294. The molecule has 19 heavy (non-hydrogen) atoms. The van der Waals surface area contributed by atoms with Crippen molar-refractivity contribution < 1.29 is 9.00 Å². The molecule has 1 rings (SSSR count). The third-order valence-electron chi connectivity index (χ3n) is 2.84. The van der Waals surface area contributed by atoms with Crippen LogP contribution in [0.15, 0.2) is 24.3 Å². The number of hydrogen-bond acceptors (Lipinski definition) is 3. The normalized spacial score (nSPS) is 15.6. The molecule has 0 bridgehead atoms. The lowest BCUT2D eigenvalue weighted by Gasteiger charge is -2.23. The minimum atomic E-state index is -0.895. The van der Waals surface area contributed by atoms with Crippen LogP contribution in [0, 0.1) is 0 Å². The Kier molecular flexibility index (Phi) is 5.69. The van der Waals surface area contributed by atoms with Gasteiger partial charge in [-0.2, -0.15) is 0 Å². The summed E-state index contributed by atoms with van der Waals surface area (Å²) in [6, 6.07) is 7.37. The zero-order valence-electron chi connectivity index (χ0n) is 11.7. The van der Waals surface area contributed by atoms with E-state index < -0.39 is 16.3 Å². The number of amides is 1. The molecule has 1 amide bonds. The first-order chi connectivity index (χ1) is 8.85. The van der Waals surface area contributed by atoms with Crippen LogP contribution in [0.2, 0.25) is 0 Å². The van der Waals surface area contributed by atoms with Crippen LogP contribution in [0.5, 0.6) is 0 Å². The first-order valence-corrected chi connectivity index (χ1v) is 8.07. The highest BCUT2D eigenvalue weighted by atomic mass is 32.2. The average Bonchev–Trinajstić information content (AvgIpc) is 2.28. The van der Waals surface area contributed by atoms with E-state index in [0.29, 0.717) is 17.9 Å². The van der Waals surface area contributed by atoms with Crippen LogP contribution in [0.4, 0.5) is 5.69 Å². The minimum Gasteiger partial charge on any atom is -0.324 e. The molecule has 0 heterocycles. The highest BCUT2D eigenvalue weighted by Gasteiger charge is 2.27. The Morgan fingerprint density at radius 2 is 2.16 bits per heavy atom. The van der Waals surface area contributed by atoms with Crippen molar-refractivity contribution in [3.63, 3.8) is 0 Å². The summed E-state index contributed by atoms with van der Waals surface area (Å²) in [6.45, 7) is 3.73. The van der Waals surface area contributed by atoms with Gasteiger partial charge >= 0.3 is 0 Å². The van der Waals surface area contributed by atoms with Crippen LogP contribution in [0.1, 0.15) is 32.3 Å². The van der Waals surface area contributed by atoms with Crippen LogP contribution in [-0.2, 0) is 21.3 Å². The molecule has 0 spiro atoms. The molecule has 5 heteroatoms. The van der Waals surface area contributed by atoms with Gasteiger partial charge in [-0.3, -0.25) is 9.00 Å². The van der Waals surface area contributed by atoms with Gasteiger partial charge in [-0.15, -0.1) is 0 Å². The lowest BCUT2D eigenvalue weighted by molar-refractivity contribution is -0.120. The van der Waals surface area contributed by atoms with E-state index in [1.165, 1.54) is 0 Å². The molecule has 0 aromatic heterocycles. The van der Waals surface area contributed by atoms with Gasteiger partial charge < -0.3 is 11.1 Å². The van der Waals surface area contributed by atoms with E-state index in [4.69, 9.17) is 5.73 Å². The van der Waals surface area contributed by atoms with Gasteiger partial charge in [-0.05, 0) is 31.0 Å². The second kappa shape index (κ2) is 6.82. The molecule has 0 aliphatic rings. The minimum absolute atomic E-state index is 0.191. The maximum absolute atomic E-state index is 12.1. The van der Waals surface area contributed by atoms with E-state index >= 15 is 0 Å². The predicted molar refractivity (Wildman–Crippen MR) is 80.3 cm³/mol. The number of nitrogens with two attached hydrogens (primary N) is 1. The Bertz CT molecular complexity index is 472. The molecular formula is C14H22N2O2S. The zero-order valence-corrected chi connectivity index (χ0v) is 12.5. The van der Waals surface area contributed by atoms with Crippen molar-refractivity contribution in [3.05, 3.63) is 29.8 Å². The maximum atomic E-state index is 12.1. The van der Waals surface area contributed by atoms with Gasteiger partial charge in [0.2, 0.25) is 5.91 Å². The van der Waals surface area contributed by atoms with E-state index in [-0.39, 0.29) is 5.91 Å². The summed E-state index contributed by atoms with van der Waals surface area (Å²) in [4.78, 5) is 12.1. The Morgan fingerprint density at radius 1 is 1.47 bits per heavy atom. The average molecular weight is 282 g/mol. The number of benzene rings is 1. The number of rotatable bonds is 6. The zero-order chi connectivity index (χ0) is 14.5. The first kappa shape index (κ1) is 15.9. The van der Waals surface area contributed by atoms with Crippen molar-refractivity contribution in [2.45, 2.75) is 38.0 Å². The van der Waals surface area contributed by atoms with Crippen molar-refractivity contribution >= 4 is 22.4 Å². The maximum Gasteiger partial charge on any atom is 0.244 e. The summed E-state index contributed by atoms with van der Waals surface area (Å²) < 4.78 is 11.2. The summed E-state index contributed by atoms with van der Waals surface area (Å²) >= 11 is 0. The smallest absolute Gasteiger partial charge is 0.244 e. The fraction of sp³-hybridized carbons (Fsp3) is 0.500.